The summed E-state index contributed by atoms with van der Waals surface area (Å²) < 4.78 is 7.48. The zero-order valence-corrected chi connectivity index (χ0v) is 12.8. The minimum absolute atomic E-state index is 0.500. The smallest absolute Gasteiger partial charge is 0.156 e. The molecule has 1 N–H and O–H groups in total. The Labute approximate surface area is 124 Å². The fourth-order valence-corrected chi connectivity index (χ4v) is 2.48. The third-order valence-electron chi connectivity index (χ3n) is 3.55. The molecule has 0 atom stereocenters. The topological polar surface area (TPSA) is 43.0 Å². The van der Waals surface area contributed by atoms with Gasteiger partial charge in [0.2, 0.25) is 0 Å². The summed E-state index contributed by atoms with van der Waals surface area (Å²) in [4.78, 5) is 0. The molecule has 0 unspecified atom stereocenters. The number of nitrogens with one attached hydrogen (secondary N) is 1. The minimum atomic E-state index is 0.500. The number of fused-ring (bicyclic) bond motifs is 1. The van der Waals surface area contributed by atoms with Gasteiger partial charge >= 0.3 is 0 Å². The van der Waals surface area contributed by atoms with Crippen LogP contribution < -0.4 is 5.32 Å². The number of hydrogen-bond donors (Lipinski definition) is 1. The van der Waals surface area contributed by atoms with Gasteiger partial charge in [0.05, 0.1) is 12.2 Å². The SMILES string of the molecule is Cc1cc(Cn2ccc3cc(CNC(C)C)ccc32)on1. The van der Waals surface area contributed by atoms with E-state index in [1.165, 1.54) is 16.5 Å². The molecule has 0 spiro atoms. The van der Waals surface area contributed by atoms with E-state index in [9.17, 15) is 0 Å². The van der Waals surface area contributed by atoms with Crippen LogP contribution in [-0.2, 0) is 13.1 Å². The summed E-state index contributed by atoms with van der Waals surface area (Å²) >= 11 is 0. The van der Waals surface area contributed by atoms with Crippen LogP contribution in [0.5, 0.6) is 0 Å². The minimum Gasteiger partial charge on any atom is -0.359 e. The van der Waals surface area contributed by atoms with Crippen molar-refractivity contribution in [3.63, 3.8) is 0 Å². The van der Waals surface area contributed by atoms with Crippen molar-refractivity contribution in [1.82, 2.24) is 15.0 Å². The molecule has 0 amide bonds. The molecule has 0 radical (unpaired) electrons. The van der Waals surface area contributed by atoms with Crippen LogP contribution in [0.1, 0.15) is 30.9 Å². The van der Waals surface area contributed by atoms with Gasteiger partial charge in [-0.05, 0) is 36.1 Å². The van der Waals surface area contributed by atoms with Crippen molar-refractivity contribution in [3.05, 3.63) is 53.5 Å². The van der Waals surface area contributed by atoms with Gasteiger partial charge in [-0.1, -0.05) is 25.1 Å². The van der Waals surface area contributed by atoms with Crippen molar-refractivity contribution in [2.45, 2.75) is 39.9 Å². The van der Waals surface area contributed by atoms with Crippen LogP contribution in [0, 0.1) is 6.92 Å². The van der Waals surface area contributed by atoms with Gasteiger partial charge in [-0.2, -0.15) is 0 Å². The zero-order valence-electron chi connectivity index (χ0n) is 12.8. The number of aromatic nitrogens is 2. The summed E-state index contributed by atoms with van der Waals surface area (Å²) in [5, 5.41) is 8.64. The summed E-state index contributed by atoms with van der Waals surface area (Å²) in [6.07, 6.45) is 2.10. The average Bonchev–Trinajstić information content (AvgIpc) is 3.04. The van der Waals surface area contributed by atoms with Crippen molar-refractivity contribution in [3.8, 4) is 0 Å². The fourth-order valence-electron chi connectivity index (χ4n) is 2.48. The third kappa shape index (κ3) is 3.16. The second-order valence-corrected chi connectivity index (χ2v) is 5.81. The first-order chi connectivity index (χ1) is 10.1. The van der Waals surface area contributed by atoms with E-state index in [1.54, 1.807) is 0 Å². The molecule has 2 aromatic heterocycles. The standard InChI is InChI=1S/C17H21N3O/c1-12(2)18-10-14-4-5-17-15(9-14)6-7-20(17)11-16-8-13(3)19-21-16/h4-9,12,18H,10-11H2,1-3H3. The lowest BCUT2D eigenvalue weighted by Crippen LogP contribution is -2.21. The first kappa shape index (κ1) is 13.9. The summed E-state index contributed by atoms with van der Waals surface area (Å²) in [6.45, 7) is 7.88. The van der Waals surface area contributed by atoms with Gasteiger partial charge in [-0.3, -0.25) is 0 Å². The summed E-state index contributed by atoms with van der Waals surface area (Å²) in [7, 11) is 0. The molecular formula is C17H21N3O. The molecule has 21 heavy (non-hydrogen) atoms. The van der Waals surface area contributed by atoms with Crippen molar-refractivity contribution >= 4 is 10.9 Å². The lowest BCUT2D eigenvalue weighted by atomic mass is 10.1. The number of benzene rings is 1. The molecule has 0 bridgehead atoms. The van der Waals surface area contributed by atoms with Gasteiger partial charge in [0, 0.05) is 30.4 Å². The third-order valence-corrected chi connectivity index (χ3v) is 3.55. The molecule has 4 nitrogen and oxygen atoms in total. The summed E-state index contributed by atoms with van der Waals surface area (Å²) in [6, 6.07) is 11.2. The molecule has 110 valence electrons. The number of hydrogen-bond acceptors (Lipinski definition) is 3. The second-order valence-electron chi connectivity index (χ2n) is 5.81. The second kappa shape index (κ2) is 5.74. The van der Waals surface area contributed by atoms with Crippen molar-refractivity contribution in [2.24, 2.45) is 0 Å². The highest BCUT2D eigenvalue weighted by Crippen LogP contribution is 2.19. The molecule has 0 saturated carbocycles. The largest absolute Gasteiger partial charge is 0.359 e. The molecular weight excluding hydrogens is 262 g/mol. The van der Waals surface area contributed by atoms with E-state index in [4.69, 9.17) is 4.52 Å². The zero-order chi connectivity index (χ0) is 14.8. The molecule has 0 aliphatic heterocycles. The first-order valence-corrected chi connectivity index (χ1v) is 7.35. The van der Waals surface area contributed by atoms with Crippen LogP contribution in [0.3, 0.4) is 0 Å². The highest BCUT2D eigenvalue weighted by Gasteiger charge is 2.06. The van der Waals surface area contributed by atoms with Gasteiger partial charge in [-0.15, -0.1) is 0 Å². The number of aryl methyl sites for hydroxylation is 1. The predicted molar refractivity (Wildman–Crippen MR) is 84.3 cm³/mol. The quantitative estimate of drug-likeness (QED) is 0.779. The first-order valence-electron chi connectivity index (χ1n) is 7.35. The van der Waals surface area contributed by atoms with Crippen molar-refractivity contribution in [2.75, 3.05) is 0 Å². The number of nitrogens with zero attached hydrogens (tertiary/aromatic N) is 2. The van der Waals surface area contributed by atoms with Crippen molar-refractivity contribution in [1.29, 1.82) is 0 Å². The van der Waals surface area contributed by atoms with Gasteiger partial charge in [0.15, 0.2) is 5.76 Å². The molecule has 0 fully saturated rings. The monoisotopic (exact) mass is 283 g/mol. The van der Waals surface area contributed by atoms with Gasteiger partial charge in [-0.25, -0.2) is 0 Å². The predicted octanol–water partition coefficient (Wildman–Crippen LogP) is 3.48. The Morgan fingerprint density at radius 3 is 2.81 bits per heavy atom. The maximum Gasteiger partial charge on any atom is 0.156 e. The van der Waals surface area contributed by atoms with E-state index in [-0.39, 0.29) is 0 Å². The van der Waals surface area contributed by atoms with E-state index in [0.29, 0.717) is 12.6 Å². The molecule has 0 aliphatic carbocycles. The maximum atomic E-state index is 5.29. The Balaban J connectivity index is 1.82. The van der Waals surface area contributed by atoms with Crippen LogP contribution in [0.2, 0.25) is 0 Å². The highest BCUT2D eigenvalue weighted by atomic mass is 16.5. The molecule has 2 heterocycles. The molecule has 0 saturated heterocycles. The Hall–Kier alpha value is -2.07. The van der Waals surface area contributed by atoms with Crippen LogP contribution in [-0.4, -0.2) is 15.8 Å². The number of rotatable bonds is 5. The van der Waals surface area contributed by atoms with Crippen LogP contribution in [0.4, 0.5) is 0 Å². The molecule has 3 aromatic rings. The fraction of sp³-hybridized carbons (Fsp3) is 0.353. The van der Waals surface area contributed by atoms with Gasteiger partial charge in [0.25, 0.3) is 0 Å². The Bertz CT molecular complexity index is 739. The summed E-state index contributed by atoms with van der Waals surface area (Å²) in [5.74, 6) is 0.885. The highest BCUT2D eigenvalue weighted by molar-refractivity contribution is 5.81. The molecule has 3 rings (SSSR count). The van der Waals surface area contributed by atoms with Crippen LogP contribution in [0.15, 0.2) is 41.1 Å². The average molecular weight is 283 g/mol. The molecule has 0 aliphatic rings. The lowest BCUT2D eigenvalue weighted by Gasteiger charge is -2.08. The summed E-state index contributed by atoms with van der Waals surface area (Å²) in [5.41, 5.74) is 3.45. The van der Waals surface area contributed by atoms with E-state index >= 15 is 0 Å². The Morgan fingerprint density at radius 1 is 1.24 bits per heavy atom. The Kier molecular flexibility index (Phi) is 3.80. The van der Waals surface area contributed by atoms with Gasteiger partial charge < -0.3 is 14.4 Å². The molecule has 1 aromatic carbocycles. The van der Waals surface area contributed by atoms with Crippen LogP contribution in [0.25, 0.3) is 10.9 Å². The maximum absolute atomic E-state index is 5.29. The van der Waals surface area contributed by atoms with Gasteiger partial charge in [0.1, 0.15) is 0 Å². The van der Waals surface area contributed by atoms with Crippen molar-refractivity contribution < 1.29 is 4.52 Å². The van der Waals surface area contributed by atoms with E-state index in [2.05, 4.69) is 59.4 Å². The van der Waals surface area contributed by atoms with Crippen LogP contribution >= 0.6 is 0 Å². The lowest BCUT2D eigenvalue weighted by molar-refractivity contribution is 0.374. The molecule has 4 heteroatoms. The normalized spacial score (nSPS) is 11.6. The Morgan fingerprint density at radius 2 is 2.10 bits per heavy atom. The van der Waals surface area contributed by atoms with E-state index in [0.717, 1.165) is 18.0 Å². The van der Waals surface area contributed by atoms with E-state index < -0.39 is 0 Å². The van der Waals surface area contributed by atoms with E-state index in [1.807, 2.05) is 13.0 Å².